The third-order valence-electron chi connectivity index (χ3n) is 11.4. The number of allylic oxidation sites excluding steroid dienone is 4. The van der Waals surface area contributed by atoms with Crippen LogP contribution in [0.15, 0.2) is 87.0 Å². The maximum Gasteiger partial charge on any atom is 0.193 e. The number of Topliss-reactive ketones (excluding diaryl/α,β-unsaturated/α-hetero) is 1. The number of carbonyl (C=O) groups excluding carboxylic acids is 2. The van der Waals surface area contributed by atoms with E-state index in [1.165, 1.54) is 17.0 Å². The molecule has 10 atom stereocenters. The Morgan fingerprint density at radius 3 is 2.51 bits per heavy atom. The van der Waals surface area contributed by atoms with Gasteiger partial charge < -0.3 is 19.7 Å². The van der Waals surface area contributed by atoms with E-state index in [-0.39, 0.29) is 24.8 Å². The van der Waals surface area contributed by atoms with E-state index in [0.717, 1.165) is 15.9 Å². The molecule has 4 aliphatic carbocycles. The molecule has 0 aromatic heterocycles. The number of ketones is 2. The largest absolute Gasteiger partial charge is 0.390 e. The lowest BCUT2D eigenvalue weighted by molar-refractivity contribution is -0.235. The average Bonchev–Trinajstić information content (AvgIpc) is 3.53. The van der Waals surface area contributed by atoms with Crippen molar-refractivity contribution in [2.45, 2.75) is 83.7 Å². The van der Waals surface area contributed by atoms with E-state index in [1.807, 2.05) is 42.7 Å². The Labute approximate surface area is 269 Å². The number of halogens is 2. The zero-order chi connectivity index (χ0) is 31.9. The number of ether oxygens (including phenoxy) is 2. The van der Waals surface area contributed by atoms with Crippen LogP contribution in [-0.2, 0) is 19.1 Å². The SMILES string of the molecule is CSc1cccc(Sc2ccc(C3OC4C[C@H]5[C@@H]6C[C@H](F)C7=CC(=O)C=C[C@]7(C)[C@@]6(F)[C@@H](O)C[C@]5(C)[C@]4(C(=O)CO)O3)cc2)c1. The van der Waals surface area contributed by atoms with E-state index in [4.69, 9.17) is 9.47 Å². The van der Waals surface area contributed by atoms with E-state index < -0.39 is 76.8 Å². The highest BCUT2D eigenvalue weighted by molar-refractivity contribution is 7.99. The van der Waals surface area contributed by atoms with Crippen LogP contribution in [0.5, 0.6) is 0 Å². The quantitative estimate of drug-likeness (QED) is 0.356. The molecule has 2 aromatic carbocycles. The van der Waals surface area contributed by atoms with Crippen LogP contribution in [0, 0.1) is 22.7 Å². The summed E-state index contributed by atoms with van der Waals surface area (Å²) in [6.45, 7) is 2.51. The maximum absolute atomic E-state index is 17.6. The Balaban J connectivity index is 1.20. The molecule has 2 aromatic rings. The highest BCUT2D eigenvalue weighted by Crippen LogP contribution is 2.72. The number of aliphatic hydroxyl groups excluding tert-OH is 2. The summed E-state index contributed by atoms with van der Waals surface area (Å²) >= 11 is 3.30. The third-order valence-corrected chi connectivity index (χ3v) is 13.1. The molecule has 6 nitrogen and oxygen atoms in total. The first-order valence-corrected chi connectivity index (χ1v) is 17.3. The molecule has 45 heavy (non-hydrogen) atoms. The molecule has 238 valence electrons. The number of hydrogen-bond acceptors (Lipinski definition) is 8. The first-order valence-electron chi connectivity index (χ1n) is 15.3. The fourth-order valence-electron chi connectivity index (χ4n) is 9.21. The van der Waals surface area contributed by atoms with E-state index >= 15 is 8.78 Å². The number of rotatable bonds is 6. The summed E-state index contributed by atoms with van der Waals surface area (Å²) in [6, 6.07) is 15.9. The van der Waals surface area contributed by atoms with Gasteiger partial charge in [0, 0.05) is 37.0 Å². The van der Waals surface area contributed by atoms with Crippen molar-refractivity contribution in [1.82, 2.24) is 0 Å². The van der Waals surface area contributed by atoms with Crippen LogP contribution < -0.4 is 0 Å². The summed E-state index contributed by atoms with van der Waals surface area (Å²) in [7, 11) is 0. The normalized spacial score (nSPS) is 41.6. The number of thioether (sulfide) groups is 1. The minimum Gasteiger partial charge on any atom is -0.390 e. The van der Waals surface area contributed by atoms with Gasteiger partial charge in [-0.2, -0.15) is 0 Å². The minimum atomic E-state index is -2.28. The summed E-state index contributed by atoms with van der Waals surface area (Å²) in [5.41, 5.74) is -5.90. The number of hydrogen-bond donors (Lipinski definition) is 2. The highest BCUT2D eigenvalue weighted by atomic mass is 32.2. The fraction of sp³-hybridized carbons (Fsp3) is 0.486. The molecule has 0 amide bonds. The molecule has 10 heteroatoms. The number of carbonyl (C=O) groups is 2. The standard InChI is InChI=1S/C35H36F2O6S2/c1-32-12-11-20(39)13-26(32)27(36)15-25-24-16-30-35(29(41)18-38,33(24,2)17-28(40)34(25,32)37)43-31(42-30)19-7-9-21(10-8-19)45-23-6-4-5-22(14-23)44-3/h4-14,24-25,27-28,30-31,38,40H,15-18H2,1-3H3/t24-,25-,27-,28-,30?,31?,32-,33-,34-,35+/m0/s1. The second-order valence-electron chi connectivity index (χ2n) is 13.3. The predicted octanol–water partition coefficient (Wildman–Crippen LogP) is 6.20. The van der Waals surface area contributed by atoms with Gasteiger partial charge in [-0.3, -0.25) is 9.59 Å². The van der Waals surface area contributed by atoms with E-state index in [9.17, 15) is 19.8 Å². The summed E-state index contributed by atoms with van der Waals surface area (Å²) in [4.78, 5) is 29.2. The molecular weight excluding hydrogens is 619 g/mol. The second-order valence-corrected chi connectivity index (χ2v) is 15.4. The molecule has 3 saturated carbocycles. The predicted molar refractivity (Wildman–Crippen MR) is 166 cm³/mol. The smallest absolute Gasteiger partial charge is 0.193 e. The van der Waals surface area contributed by atoms with E-state index in [1.54, 1.807) is 37.4 Å². The Bertz CT molecular complexity index is 1610. The Morgan fingerprint density at radius 1 is 1.07 bits per heavy atom. The van der Waals surface area contributed by atoms with Crippen LogP contribution >= 0.6 is 23.5 Å². The summed E-state index contributed by atoms with van der Waals surface area (Å²) in [5.74, 6) is -2.58. The molecule has 7 rings (SSSR count). The molecule has 0 radical (unpaired) electrons. The summed E-state index contributed by atoms with van der Waals surface area (Å²) in [6.07, 6.45) is 0.691. The highest BCUT2D eigenvalue weighted by Gasteiger charge is 2.80. The van der Waals surface area contributed by atoms with Crippen molar-refractivity contribution < 1.29 is 38.1 Å². The third kappa shape index (κ3) is 4.29. The van der Waals surface area contributed by atoms with Crippen LogP contribution in [0.1, 0.15) is 45.0 Å². The van der Waals surface area contributed by atoms with Crippen LogP contribution in [-0.4, -0.2) is 64.3 Å². The van der Waals surface area contributed by atoms with Crippen molar-refractivity contribution in [3.63, 3.8) is 0 Å². The molecule has 2 unspecified atom stereocenters. The topological polar surface area (TPSA) is 93.1 Å². The monoisotopic (exact) mass is 654 g/mol. The Morgan fingerprint density at radius 2 is 1.80 bits per heavy atom. The van der Waals surface area contributed by atoms with Crippen molar-refractivity contribution >= 4 is 35.1 Å². The average molecular weight is 655 g/mol. The van der Waals surface area contributed by atoms with Crippen molar-refractivity contribution in [3.05, 3.63) is 77.9 Å². The summed E-state index contributed by atoms with van der Waals surface area (Å²) in [5, 5.41) is 21.9. The van der Waals surface area contributed by atoms with Gasteiger partial charge in [0.2, 0.25) is 0 Å². The van der Waals surface area contributed by atoms with Gasteiger partial charge in [-0.1, -0.05) is 43.0 Å². The zero-order valence-electron chi connectivity index (χ0n) is 25.2. The lowest BCUT2D eigenvalue weighted by Gasteiger charge is -2.63. The molecule has 1 saturated heterocycles. The number of fused-ring (bicyclic) bond motifs is 7. The molecule has 1 aliphatic heterocycles. The van der Waals surface area contributed by atoms with Gasteiger partial charge in [0.15, 0.2) is 29.1 Å². The van der Waals surface area contributed by atoms with Gasteiger partial charge in [0.05, 0.1) is 12.2 Å². The Hall–Kier alpha value is -2.34. The van der Waals surface area contributed by atoms with E-state index in [2.05, 4.69) is 12.1 Å². The van der Waals surface area contributed by atoms with Crippen molar-refractivity contribution in [3.8, 4) is 0 Å². The van der Waals surface area contributed by atoms with Gasteiger partial charge in [-0.05, 0) is 86.4 Å². The Kier molecular flexibility index (Phi) is 7.54. The molecule has 2 N–H and O–H groups in total. The number of aliphatic hydroxyl groups is 2. The molecular formula is C35H36F2O6S2. The van der Waals surface area contributed by atoms with Gasteiger partial charge in [0.25, 0.3) is 0 Å². The number of benzene rings is 2. The fourth-order valence-corrected chi connectivity index (χ4v) is 10.6. The summed E-state index contributed by atoms with van der Waals surface area (Å²) < 4.78 is 46.4. The molecule has 4 fully saturated rings. The van der Waals surface area contributed by atoms with Crippen molar-refractivity contribution in [2.24, 2.45) is 22.7 Å². The van der Waals surface area contributed by atoms with Crippen LogP contribution in [0.4, 0.5) is 8.78 Å². The van der Waals surface area contributed by atoms with Gasteiger partial charge in [0.1, 0.15) is 12.8 Å². The zero-order valence-corrected chi connectivity index (χ0v) is 26.9. The minimum absolute atomic E-state index is 0.0434. The molecule has 5 aliphatic rings. The molecule has 0 bridgehead atoms. The van der Waals surface area contributed by atoms with Crippen molar-refractivity contribution in [2.75, 3.05) is 12.9 Å². The van der Waals surface area contributed by atoms with Crippen LogP contribution in [0.2, 0.25) is 0 Å². The maximum atomic E-state index is 17.6. The first kappa shape index (κ1) is 31.3. The lowest BCUT2D eigenvalue weighted by Crippen LogP contribution is -2.70. The van der Waals surface area contributed by atoms with Gasteiger partial charge in [-0.15, -0.1) is 11.8 Å². The van der Waals surface area contributed by atoms with Gasteiger partial charge in [-0.25, -0.2) is 8.78 Å². The molecule has 0 spiro atoms. The number of alkyl halides is 2. The molecule has 1 heterocycles. The van der Waals surface area contributed by atoms with Crippen LogP contribution in [0.25, 0.3) is 0 Å². The van der Waals surface area contributed by atoms with Crippen LogP contribution in [0.3, 0.4) is 0 Å². The first-order chi connectivity index (χ1) is 21.4. The van der Waals surface area contributed by atoms with Crippen molar-refractivity contribution in [1.29, 1.82) is 0 Å². The van der Waals surface area contributed by atoms with E-state index in [0.29, 0.717) is 5.56 Å². The van der Waals surface area contributed by atoms with Gasteiger partial charge >= 0.3 is 0 Å². The lowest BCUT2D eigenvalue weighted by atomic mass is 9.44. The second kappa shape index (κ2) is 10.9.